The number of hydrogen-bond acceptors (Lipinski definition) is 1. The molecule has 2 aromatic heterocycles. The molecule has 0 aromatic carbocycles. The molecule has 2 heteroatoms. The van der Waals surface area contributed by atoms with Crippen LogP contribution in [-0.2, 0) is 5.54 Å². The monoisotopic (exact) mass is 188 g/mol. The molecule has 74 valence electrons. The molecule has 0 saturated heterocycles. The minimum absolute atomic E-state index is 0.171. The third kappa shape index (κ3) is 1.31. The van der Waals surface area contributed by atoms with E-state index < -0.39 is 0 Å². The van der Waals surface area contributed by atoms with Gasteiger partial charge in [-0.1, -0.05) is 6.92 Å². The van der Waals surface area contributed by atoms with Crippen molar-refractivity contribution < 1.29 is 0 Å². The van der Waals surface area contributed by atoms with E-state index >= 15 is 0 Å². The molecule has 0 saturated carbocycles. The molecule has 2 nitrogen and oxygen atoms in total. The Labute approximate surface area is 84.6 Å². The van der Waals surface area contributed by atoms with Gasteiger partial charge in [0.15, 0.2) is 0 Å². The molecule has 2 rings (SSSR count). The standard InChI is InChI=1S/C12H16N2/c1-4-12(2,3)14-8-6-10-5-7-13-9-11(10)14/h5-9H,4H2,1-3H3. The summed E-state index contributed by atoms with van der Waals surface area (Å²) < 4.78 is 2.30. The van der Waals surface area contributed by atoms with Crippen LogP contribution in [0.25, 0.3) is 10.9 Å². The van der Waals surface area contributed by atoms with E-state index in [4.69, 9.17) is 0 Å². The molecule has 0 aliphatic rings. The normalized spacial score (nSPS) is 12.2. The van der Waals surface area contributed by atoms with Crippen molar-refractivity contribution in [2.24, 2.45) is 0 Å². The first kappa shape index (κ1) is 9.25. The largest absolute Gasteiger partial charge is 0.341 e. The van der Waals surface area contributed by atoms with Crippen LogP contribution in [0.4, 0.5) is 0 Å². The summed E-state index contributed by atoms with van der Waals surface area (Å²) in [6.45, 7) is 6.71. The summed E-state index contributed by atoms with van der Waals surface area (Å²) in [4.78, 5) is 4.17. The molecule has 2 heterocycles. The second-order valence-electron chi connectivity index (χ2n) is 4.29. The molecule has 0 unspecified atom stereocenters. The van der Waals surface area contributed by atoms with Gasteiger partial charge in [0.25, 0.3) is 0 Å². The molecule has 0 aliphatic carbocycles. The fourth-order valence-corrected chi connectivity index (χ4v) is 1.67. The van der Waals surface area contributed by atoms with Gasteiger partial charge in [0.1, 0.15) is 0 Å². The number of hydrogen-bond donors (Lipinski definition) is 0. The van der Waals surface area contributed by atoms with Gasteiger partial charge in [-0.15, -0.1) is 0 Å². The van der Waals surface area contributed by atoms with Crippen molar-refractivity contribution in [2.45, 2.75) is 32.7 Å². The smallest absolute Gasteiger partial charge is 0.0671 e. The topological polar surface area (TPSA) is 17.8 Å². The predicted octanol–water partition coefficient (Wildman–Crippen LogP) is 3.18. The lowest BCUT2D eigenvalue weighted by Crippen LogP contribution is -2.23. The minimum atomic E-state index is 0.171. The van der Waals surface area contributed by atoms with Crippen molar-refractivity contribution in [1.82, 2.24) is 9.55 Å². The summed E-state index contributed by atoms with van der Waals surface area (Å²) in [5, 5.41) is 1.27. The molecule has 0 bridgehead atoms. The van der Waals surface area contributed by atoms with E-state index in [1.807, 2.05) is 12.4 Å². The van der Waals surface area contributed by atoms with Crippen LogP contribution < -0.4 is 0 Å². The maximum absolute atomic E-state index is 4.17. The highest BCUT2D eigenvalue weighted by Gasteiger charge is 2.18. The van der Waals surface area contributed by atoms with Crippen LogP contribution in [0.1, 0.15) is 27.2 Å². The van der Waals surface area contributed by atoms with Crippen LogP contribution in [0.15, 0.2) is 30.7 Å². The first-order chi connectivity index (χ1) is 6.65. The van der Waals surface area contributed by atoms with Gasteiger partial charge in [0, 0.05) is 23.3 Å². The minimum Gasteiger partial charge on any atom is -0.341 e. The van der Waals surface area contributed by atoms with Crippen LogP contribution in [0.2, 0.25) is 0 Å². The van der Waals surface area contributed by atoms with E-state index in [9.17, 15) is 0 Å². The van der Waals surface area contributed by atoms with Crippen LogP contribution in [0.5, 0.6) is 0 Å². The molecule has 0 fully saturated rings. The summed E-state index contributed by atoms with van der Waals surface area (Å²) in [7, 11) is 0. The number of fused-ring (bicyclic) bond motifs is 1. The van der Waals surface area contributed by atoms with Crippen LogP contribution in [0, 0.1) is 0 Å². The highest BCUT2D eigenvalue weighted by molar-refractivity contribution is 5.79. The molecule has 0 aliphatic heterocycles. The average molecular weight is 188 g/mol. The summed E-state index contributed by atoms with van der Waals surface area (Å²) >= 11 is 0. The highest BCUT2D eigenvalue weighted by Crippen LogP contribution is 2.25. The van der Waals surface area contributed by atoms with Gasteiger partial charge in [-0.05, 0) is 32.4 Å². The molecule has 14 heavy (non-hydrogen) atoms. The fourth-order valence-electron chi connectivity index (χ4n) is 1.67. The number of nitrogens with zero attached hydrogens (tertiary/aromatic N) is 2. The van der Waals surface area contributed by atoms with Gasteiger partial charge >= 0.3 is 0 Å². The van der Waals surface area contributed by atoms with Gasteiger partial charge in [-0.2, -0.15) is 0 Å². The maximum atomic E-state index is 4.17. The zero-order chi connectivity index (χ0) is 10.2. The lowest BCUT2D eigenvalue weighted by atomic mass is 10.0. The Kier molecular flexibility index (Phi) is 2.06. The maximum Gasteiger partial charge on any atom is 0.0671 e. The van der Waals surface area contributed by atoms with Gasteiger partial charge in [0.2, 0.25) is 0 Å². The summed E-state index contributed by atoms with van der Waals surface area (Å²) in [5.41, 5.74) is 1.39. The average Bonchev–Trinajstić information content (AvgIpc) is 2.61. The first-order valence-corrected chi connectivity index (χ1v) is 5.07. The predicted molar refractivity (Wildman–Crippen MR) is 59.3 cm³/mol. The van der Waals surface area contributed by atoms with Crippen LogP contribution in [-0.4, -0.2) is 9.55 Å². The number of pyridine rings is 1. The lowest BCUT2D eigenvalue weighted by Gasteiger charge is -2.26. The number of aromatic nitrogens is 2. The second-order valence-corrected chi connectivity index (χ2v) is 4.29. The Morgan fingerprint density at radius 1 is 1.36 bits per heavy atom. The van der Waals surface area contributed by atoms with Crippen molar-refractivity contribution in [3.8, 4) is 0 Å². The number of rotatable bonds is 2. The SMILES string of the molecule is CCC(C)(C)n1ccc2ccncc21. The van der Waals surface area contributed by atoms with Crippen molar-refractivity contribution >= 4 is 10.9 Å². The zero-order valence-electron chi connectivity index (χ0n) is 8.99. The highest BCUT2D eigenvalue weighted by atomic mass is 15.0. The summed E-state index contributed by atoms with van der Waals surface area (Å²) in [6.07, 6.45) is 7.04. The van der Waals surface area contributed by atoms with Gasteiger partial charge in [-0.25, -0.2) is 0 Å². The third-order valence-corrected chi connectivity index (χ3v) is 3.01. The summed E-state index contributed by atoms with van der Waals surface area (Å²) in [5.74, 6) is 0. The van der Waals surface area contributed by atoms with Crippen molar-refractivity contribution in [1.29, 1.82) is 0 Å². The lowest BCUT2D eigenvalue weighted by molar-refractivity contribution is 0.354. The van der Waals surface area contributed by atoms with Crippen molar-refractivity contribution in [3.05, 3.63) is 30.7 Å². The second kappa shape index (κ2) is 3.12. The summed E-state index contributed by atoms with van der Waals surface area (Å²) in [6, 6.07) is 4.20. The Morgan fingerprint density at radius 2 is 2.14 bits per heavy atom. The van der Waals surface area contributed by atoms with Gasteiger partial charge in [-0.3, -0.25) is 4.98 Å². The molecular formula is C12H16N2. The Hall–Kier alpha value is -1.31. The zero-order valence-corrected chi connectivity index (χ0v) is 8.99. The van der Waals surface area contributed by atoms with Crippen molar-refractivity contribution in [2.75, 3.05) is 0 Å². The molecular weight excluding hydrogens is 172 g/mol. The van der Waals surface area contributed by atoms with E-state index in [1.165, 1.54) is 10.9 Å². The molecule has 0 atom stereocenters. The van der Waals surface area contributed by atoms with E-state index in [-0.39, 0.29) is 5.54 Å². The van der Waals surface area contributed by atoms with Gasteiger partial charge in [0.05, 0.1) is 11.7 Å². The van der Waals surface area contributed by atoms with E-state index in [0.717, 1.165) is 6.42 Å². The van der Waals surface area contributed by atoms with Crippen LogP contribution in [0.3, 0.4) is 0 Å². The first-order valence-electron chi connectivity index (χ1n) is 5.07. The quantitative estimate of drug-likeness (QED) is 0.707. The Bertz CT molecular complexity index is 440. The molecule has 2 aromatic rings. The van der Waals surface area contributed by atoms with E-state index in [1.54, 1.807) is 0 Å². The van der Waals surface area contributed by atoms with Gasteiger partial charge < -0.3 is 4.57 Å². The molecule has 0 spiro atoms. The Morgan fingerprint density at radius 3 is 2.86 bits per heavy atom. The van der Waals surface area contributed by atoms with E-state index in [0.29, 0.717) is 0 Å². The van der Waals surface area contributed by atoms with Crippen molar-refractivity contribution in [3.63, 3.8) is 0 Å². The Balaban J connectivity index is 2.64. The van der Waals surface area contributed by atoms with Crippen LogP contribution >= 0.6 is 0 Å². The fraction of sp³-hybridized carbons (Fsp3) is 0.417. The molecule has 0 radical (unpaired) electrons. The molecule has 0 N–H and O–H groups in total. The molecule has 0 amide bonds. The third-order valence-electron chi connectivity index (χ3n) is 3.01. The van der Waals surface area contributed by atoms with E-state index in [2.05, 4.69) is 48.7 Å².